The Balaban J connectivity index is 1.10. The summed E-state index contributed by atoms with van der Waals surface area (Å²) >= 11 is 0. The Labute approximate surface area is 226 Å². The number of carbonyl (C=O) groups is 2. The predicted molar refractivity (Wildman–Crippen MR) is 150 cm³/mol. The van der Waals surface area contributed by atoms with Gasteiger partial charge < -0.3 is 25.2 Å². The molecular weight excluding hydrogens is 494 g/mol. The second-order valence-electron chi connectivity index (χ2n) is 9.78. The molecule has 4 aromatic rings. The van der Waals surface area contributed by atoms with E-state index in [9.17, 15) is 9.59 Å². The fourth-order valence-corrected chi connectivity index (χ4v) is 5.02. The average molecular weight is 526 g/mol. The van der Waals surface area contributed by atoms with Crippen LogP contribution in [0.15, 0.2) is 66.9 Å². The van der Waals surface area contributed by atoms with Crippen LogP contribution in [0.3, 0.4) is 0 Å². The van der Waals surface area contributed by atoms with Gasteiger partial charge in [0.15, 0.2) is 11.6 Å². The van der Waals surface area contributed by atoms with Crippen LogP contribution in [0.1, 0.15) is 29.6 Å². The van der Waals surface area contributed by atoms with E-state index < -0.39 is 0 Å². The lowest BCUT2D eigenvalue weighted by Gasteiger charge is -2.28. The van der Waals surface area contributed by atoms with Gasteiger partial charge in [0.1, 0.15) is 5.52 Å². The van der Waals surface area contributed by atoms with Gasteiger partial charge in [0, 0.05) is 54.9 Å². The number of benzene rings is 2. The first-order chi connectivity index (χ1) is 19.1. The Hall–Kier alpha value is -4.44. The molecule has 6 rings (SSSR count). The van der Waals surface area contributed by atoms with Crippen molar-refractivity contribution >= 4 is 34.6 Å². The number of nitrogens with zero attached hydrogens (tertiary/aromatic N) is 5. The molecule has 0 unspecified atom stereocenters. The first kappa shape index (κ1) is 24.9. The molecule has 3 amide bonds. The van der Waals surface area contributed by atoms with Crippen molar-refractivity contribution < 1.29 is 14.3 Å². The highest BCUT2D eigenvalue weighted by atomic mass is 16.5. The third-order valence-corrected chi connectivity index (χ3v) is 7.12. The number of amides is 3. The van der Waals surface area contributed by atoms with E-state index in [1.165, 1.54) is 6.42 Å². The first-order valence-corrected chi connectivity index (χ1v) is 13.4. The Bertz CT molecular complexity index is 1450. The smallest absolute Gasteiger partial charge is 0.323 e. The molecule has 2 aliphatic heterocycles. The van der Waals surface area contributed by atoms with Crippen LogP contribution in [-0.2, 0) is 4.74 Å². The number of urea groups is 1. The summed E-state index contributed by atoms with van der Waals surface area (Å²) < 4.78 is 7.35. The third kappa shape index (κ3) is 5.56. The van der Waals surface area contributed by atoms with Gasteiger partial charge in [-0.3, -0.25) is 4.79 Å². The highest BCUT2D eigenvalue weighted by Crippen LogP contribution is 2.25. The molecule has 0 saturated carbocycles. The molecule has 2 aromatic carbocycles. The first-order valence-electron chi connectivity index (χ1n) is 13.4. The van der Waals surface area contributed by atoms with Crippen molar-refractivity contribution in [3.63, 3.8) is 0 Å². The van der Waals surface area contributed by atoms with Crippen LogP contribution in [0.4, 0.5) is 22.0 Å². The van der Waals surface area contributed by atoms with Gasteiger partial charge in [0.2, 0.25) is 0 Å². The molecule has 2 saturated heterocycles. The van der Waals surface area contributed by atoms with Crippen molar-refractivity contribution in [2.24, 2.45) is 0 Å². The van der Waals surface area contributed by atoms with E-state index in [2.05, 4.69) is 20.6 Å². The van der Waals surface area contributed by atoms with E-state index in [0.29, 0.717) is 36.0 Å². The van der Waals surface area contributed by atoms with E-state index in [4.69, 9.17) is 9.72 Å². The maximum absolute atomic E-state index is 12.7. The number of anilines is 3. The summed E-state index contributed by atoms with van der Waals surface area (Å²) in [6, 6.07) is 18.1. The number of aromatic nitrogens is 3. The van der Waals surface area contributed by atoms with Crippen molar-refractivity contribution in [3.05, 3.63) is 72.4 Å². The van der Waals surface area contributed by atoms with Gasteiger partial charge >= 0.3 is 6.03 Å². The second-order valence-corrected chi connectivity index (χ2v) is 9.78. The quantitative estimate of drug-likeness (QED) is 0.398. The zero-order valence-electron chi connectivity index (χ0n) is 21.7. The van der Waals surface area contributed by atoms with Crippen molar-refractivity contribution in [1.29, 1.82) is 0 Å². The summed E-state index contributed by atoms with van der Waals surface area (Å²) in [6.07, 6.45) is 5.20. The summed E-state index contributed by atoms with van der Waals surface area (Å²) in [7, 11) is 0. The number of piperidine rings is 1. The van der Waals surface area contributed by atoms with Crippen molar-refractivity contribution in [3.8, 4) is 11.4 Å². The maximum atomic E-state index is 12.7. The third-order valence-electron chi connectivity index (χ3n) is 7.12. The molecule has 39 heavy (non-hydrogen) atoms. The van der Waals surface area contributed by atoms with E-state index in [1.54, 1.807) is 24.3 Å². The molecule has 0 bridgehead atoms. The normalized spacial score (nSPS) is 15.8. The molecule has 10 nitrogen and oxygen atoms in total. The Morgan fingerprint density at radius 1 is 0.795 bits per heavy atom. The lowest BCUT2D eigenvalue weighted by Crippen LogP contribution is -2.37. The molecular formula is C29H31N7O3. The summed E-state index contributed by atoms with van der Waals surface area (Å²) in [6.45, 7) is 4.54. The number of likely N-dealkylation sites (tertiary alicyclic amines) is 1. The minimum atomic E-state index is -0.363. The van der Waals surface area contributed by atoms with E-state index >= 15 is 0 Å². The van der Waals surface area contributed by atoms with E-state index in [1.807, 2.05) is 52.0 Å². The lowest BCUT2D eigenvalue weighted by molar-refractivity contribution is 0.0724. The number of morpholine rings is 1. The molecule has 0 radical (unpaired) electrons. The molecule has 200 valence electrons. The fraction of sp³-hybridized carbons (Fsp3) is 0.310. The topological polar surface area (TPSA) is 104 Å². The zero-order valence-corrected chi connectivity index (χ0v) is 21.7. The van der Waals surface area contributed by atoms with Crippen LogP contribution in [0.5, 0.6) is 0 Å². The number of rotatable bonds is 5. The monoisotopic (exact) mass is 525 g/mol. The van der Waals surface area contributed by atoms with Gasteiger partial charge in [0.05, 0.1) is 13.2 Å². The van der Waals surface area contributed by atoms with E-state index in [-0.39, 0.29) is 11.9 Å². The molecule has 0 atom stereocenters. The molecule has 2 aliphatic rings. The summed E-state index contributed by atoms with van der Waals surface area (Å²) in [5.41, 5.74) is 3.70. The number of carbonyl (C=O) groups excluding carboxylic acids is 2. The van der Waals surface area contributed by atoms with Crippen LogP contribution in [0, 0.1) is 0 Å². The summed E-state index contributed by atoms with van der Waals surface area (Å²) in [4.78, 5) is 34.3. The van der Waals surface area contributed by atoms with E-state index in [0.717, 1.165) is 55.9 Å². The molecule has 2 aromatic heterocycles. The van der Waals surface area contributed by atoms with Crippen LogP contribution >= 0.6 is 0 Å². The number of hydrogen-bond donors (Lipinski definition) is 2. The predicted octanol–water partition coefficient (Wildman–Crippen LogP) is 4.50. The van der Waals surface area contributed by atoms with Gasteiger partial charge in [-0.2, -0.15) is 0 Å². The van der Waals surface area contributed by atoms with Crippen molar-refractivity contribution in [2.75, 3.05) is 54.9 Å². The largest absolute Gasteiger partial charge is 0.378 e. The van der Waals surface area contributed by atoms with Crippen LogP contribution in [0.25, 0.3) is 16.9 Å². The van der Waals surface area contributed by atoms with Gasteiger partial charge in [-0.1, -0.05) is 0 Å². The zero-order chi connectivity index (χ0) is 26.6. The van der Waals surface area contributed by atoms with Crippen LogP contribution in [-0.4, -0.2) is 70.8 Å². The summed E-state index contributed by atoms with van der Waals surface area (Å²) in [5.74, 6) is 1.54. The molecule has 0 aliphatic carbocycles. The molecule has 2 N–H and O–H groups in total. The minimum absolute atomic E-state index is 0.0442. The Morgan fingerprint density at radius 2 is 1.46 bits per heavy atom. The van der Waals surface area contributed by atoms with Crippen molar-refractivity contribution in [2.45, 2.75) is 19.3 Å². The average Bonchev–Trinajstić information content (AvgIpc) is 3.47. The number of hydrogen-bond acceptors (Lipinski definition) is 6. The molecule has 0 spiro atoms. The van der Waals surface area contributed by atoms with Gasteiger partial charge in [-0.05, 0) is 79.9 Å². The highest BCUT2D eigenvalue weighted by Gasteiger charge is 2.19. The second kappa shape index (κ2) is 11.1. The van der Waals surface area contributed by atoms with Crippen LogP contribution < -0.4 is 15.5 Å². The Morgan fingerprint density at radius 3 is 2.15 bits per heavy atom. The number of ether oxygens (including phenoxy) is 1. The van der Waals surface area contributed by atoms with Gasteiger partial charge in [0.25, 0.3) is 5.91 Å². The molecule has 4 heterocycles. The number of nitrogens with one attached hydrogen (secondary N) is 2. The Kier molecular flexibility index (Phi) is 7.09. The van der Waals surface area contributed by atoms with Gasteiger partial charge in [-0.25, -0.2) is 14.3 Å². The standard InChI is InChI=1S/C29H31N7O3/c37-28(35-14-2-1-3-15-35)22-8-12-24(13-9-22)31-29(38)30-23-10-6-21(7-11-23)26-32-27(34-17-19-39-20-18-34)25-5-4-16-36(25)33-26/h4-13,16H,1-3,14-15,17-20H2,(H2,30,31,38). The lowest BCUT2D eigenvalue weighted by atomic mass is 10.1. The number of fused-ring (bicyclic) bond motifs is 1. The summed E-state index contributed by atoms with van der Waals surface area (Å²) in [5, 5.41) is 10.4. The van der Waals surface area contributed by atoms with Crippen molar-refractivity contribution in [1.82, 2.24) is 19.5 Å². The molecule has 2 fully saturated rings. The maximum Gasteiger partial charge on any atom is 0.323 e. The van der Waals surface area contributed by atoms with Crippen LogP contribution in [0.2, 0.25) is 0 Å². The minimum Gasteiger partial charge on any atom is -0.378 e. The highest BCUT2D eigenvalue weighted by molar-refractivity contribution is 6.00. The SMILES string of the molecule is O=C(Nc1ccc(C(=O)N2CCCCC2)cc1)Nc1ccc(-c2nc(N3CCOCC3)c3cccn3n2)cc1. The fourth-order valence-electron chi connectivity index (χ4n) is 5.02. The molecule has 10 heteroatoms. The van der Waals surface area contributed by atoms with Gasteiger partial charge in [-0.15, -0.1) is 5.10 Å².